The standard InChI is InChI=1S/C45H88NO8P/c1-6-8-10-12-14-16-18-20-21-22-23-24-25-26-28-30-32-34-36-38-45(48)54-43(42-53-55(49,50)52-40-39-46(3,4)5)41-51-44(47)37-35-33-31-29-27-19-17-15-13-11-9-7-2/h20-21,43H,6-19,22-42H2,1-5H3/b21-20+/t43-/m1/s1. The van der Waals surface area contributed by atoms with Crippen LogP contribution >= 0.6 is 7.82 Å². The molecule has 0 N–H and O–H groups in total. The van der Waals surface area contributed by atoms with Crippen molar-refractivity contribution in [1.82, 2.24) is 0 Å². The molecule has 9 nitrogen and oxygen atoms in total. The number of likely N-dealkylation sites (N-methyl/N-ethyl adjacent to an activating group) is 1. The highest BCUT2D eigenvalue weighted by molar-refractivity contribution is 7.45. The Morgan fingerprint density at radius 2 is 0.927 bits per heavy atom. The fraction of sp³-hybridized carbons (Fsp3) is 0.911. The van der Waals surface area contributed by atoms with Gasteiger partial charge in [-0.15, -0.1) is 0 Å². The third kappa shape index (κ3) is 42.2. The summed E-state index contributed by atoms with van der Waals surface area (Å²) in [5.41, 5.74) is 0. The molecule has 0 heterocycles. The lowest BCUT2D eigenvalue weighted by atomic mass is 10.0. The minimum absolute atomic E-state index is 0.0280. The Balaban J connectivity index is 4.28. The van der Waals surface area contributed by atoms with Gasteiger partial charge in [-0.25, -0.2) is 0 Å². The zero-order valence-corrected chi connectivity index (χ0v) is 37.5. The number of unbranched alkanes of at least 4 members (excludes halogenated alkanes) is 26. The molecular weight excluding hydrogens is 713 g/mol. The first-order valence-corrected chi connectivity index (χ1v) is 24.4. The summed E-state index contributed by atoms with van der Waals surface area (Å²) in [6, 6.07) is 0. The van der Waals surface area contributed by atoms with E-state index in [-0.39, 0.29) is 32.0 Å². The zero-order valence-electron chi connectivity index (χ0n) is 36.6. The molecule has 0 rings (SSSR count). The predicted molar refractivity (Wildman–Crippen MR) is 227 cm³/mol. The molecule has 10 heteroatoms. The molecular formula is C45H88NO8P. The highest BCUT2D eigenvalue weighted by Crippen LogP contribution is 2.38. The van der Waals surface area contributed by atoms with E-state index in [4.69, 9.17) is 18.5 Å². The molecule has 0 amide bonds. The zero-order chi connectivity index (χ0) is 40.7. The molecule has 1 unspecified atom stereocenters. The van der Waals surface area contributed by atoms with Gasteiger partial charge in [-0.05, 0) is 38.5 Å². The van der Waals surface area contributed by atoms with Crippen molar-refractivity contribution in [3.05, 3.63) is 12.2 Å². The van der Waals surface area contributed by atoms with Crippen molar-refractivity contribution in [2.24, 2.45) is 0 Å². The quantitative estimate of drug-likeness (QED) is 0.0197. The molecule has 2 atom stereocenters. The maximum Gasteiger partial charge on any atom is 0.306 e. The van der Waals surface area contributed by atoms with Gasteiger partial charge in [0.25, 0.3) is 7.82 Å². The summed E-state index contributed by atoms with van der Waals surface area (Å²) in [6.07, 6.45) is 39.5. The van der Waals surface area contributed by atoms with Crippen LogP contribution in [0.5, 0.6) is 0 Å². The van der Waals surface area contributed by atoms with Crippen LogP contribution in [0.3, 0.4) is 0 Å². The number of rotatable bonds is 42. The van der Waals surface area contributed by atoms with E-state index in [9.17, 15) is 19.0 Å². The van der Waals surface area contributed by atoms with E-state index in [1.54, 1.807) is 0 Å². The highest BCUT2D eigenvalue weighted by Gasteiger charge is 2.21. The van der Waals surface area contributed by atoms with Crippen LogP contribution in [-0.4, -0.2) is 70.0 Å². The second-order valence-electron chi connectivity index (χ2n) is 16.8. The van der Waals surface area contributed by atoms with Crippen LogP contribution in [0.1, 0.15) is 213 Å². The Labute approximate surface area is 339 Å². The van der Waals surface area contributed by atoms with E-state index in [2.05, 4.69) is 26.0 Å². The summed E-state index contributed by atoms with van der Waals surface area (Å²) in [6.45, 7) is 4.24. The number of allylic oxidation sites excluding steroid dienone is 2. The van der Waals surface area contributed by atoms with Crippen LogP contribution in [-0.2, 0) is 32.7 Å². The molecule has 0 saturated heterocycles. The molecule has 0 spiro atoms. The van der Waals surface area contributed by atoms with Gasteiger partial charge in [0.2, 0.25) is 0 Å². The first kappa shape index (κ1) is 53.8. The van der Waals surface area contributed by atoms with Crippen LogP contribution in [0.15, 0.2) is 12.2 Å². The van der Waals surface area contributed by atoms with Crippen LogP contribution in [0.25, 0.3) is 0 Å². The molecule has 326 valence electrons. The van der Waals surface area contributed by atoms with E-state index >= 15 is 0 Å². The minimum atomic E-state index is -4.62. The van der Waals surface area contributed by atoms with Gasteiger partial charge in [0.15, 0.2) is 6.10 Å². The SMILES string of the molecule is CCCCCCCC/C=C/CCCCCCCCCCCC(=O)O[C@H](COC(=O)CCCCCCCCCCCCCC)COP(=O)([O-])OCC[N+](C)(C)C. The van der Waals surface area contributed by atoms with E-state index in [0.29, 0.717) is 17.4 Å². The second-order valence-corrected chi connectivity index (χ2v) is 18.2. The number of quaternary nitrogens is 1. The minimum Gasteiger partial charge on any atom is -0.756 e. The summed E-state index contributed by atoms with van der Waals surface area (Å²) >= 11 is 0. The Hall–Kier alpha value is -1.25. The van der Waals surface area contributed by atoms with Crippen molar-refractivity contribution >= 4 is 19.8 Å². The molecule has 55 heavy (non-hydrogen) atoms. The van der Waals surface area contributed by atoms with Gasteiger partial charge in [-0.3, -0.25) is 14.2 Å². The Bertz CT molecular complexity index is 954. The van der Waals surface area contributed by atoms with Gasteiger partial charge in [0, 0.05) is 12.8 Å². The van der Waals surface area contributed by atoms with Gasteiger partial charge < -0.3 is 27.9 Å². The lowest BCUT2D eigenvalue weighted by Crippen LogP contribution is -2.37. The van der Waals surface area contributed by atoms with Crippen molar-refractivity contribution < 1.29 is 42.1 Å². The fourth-order valence-corrected chi connectivity index (χ4v) is 7.14. The smallest absolute Gasteiger partial charge is 0.306 e. The molecule has 0 bridgehead atoms. The van der Waals surface area contributed by atoms with Crippen molar-refractivity contribution in [3.8, 4) is 0 Å². The lowest BCUT2D eigenvalue weighted by molar-refractivity contribution is -0.870. The predicted octanol–water partition coefficient (Wildman–Crippen LogP) is 12.3. The number of phosphoric ester groups is 1. The lowest BCUT2D eigenvalue weighted by Gasteiger charge is -2.28. The first-order chi connectivity index (χ1) is 26.5. The molecule has 0 aromatic heterocycles. The number of esters is 2. The number of ether oxygens (including phenoxy) is 2. The van der Waals surface area contributed by atoms with E-state index in [0.717, 1.165) is 38.5 Å². The number of carbonyl (C=O) groups excluding carboxylic acids is 2. The van der Waals surface area contributed by atoms with Gasteiger partial charge in [-0.2, -0.15) is 0 Å². The average Bonchev–Trinajstić information content (AvgIpc) is 3.13. The average molecular weight is 802 g/mol. The molecule has 0 aliphatic heterocycles. The third-order valence-electron chi connectivity index (χ3n) is 10.0. The Morgan fingerprint density at radius 1 is 0.545 bits per heavy atom. The highest BCUT2D eigenvalue weighted by atomic mass is 31.2. The fourth-order valence-electron chi connectivity index (χ4n) is 6.41. The van der Waals surface area contributed by atoms with Crippen LogP contribution in [0.2, 0.25) is 0 Å². The first-order valence-electron chi connectivity index (χ1n) is 22.9. The van der Waals surface area contributed by atoms with Gasteiger partial charge in [0.1, 0.15) is 19.8 Å². The molecule has 0 fully saturated rings. The van der Waals surface area contributed by atoms with Gasteiger partial charge in [-0.1, -0.05) is 174 Å². The number of phosphoric acid groups is 1. The summed E-state index contributed by atoms with van der Waals surface area (Å²) in [5.74, 6) is -0.827. The Kier molecular flexibility index (Phi) is 37.4. The summed E-state index contributed by atoms with van der Waals surface area (Å²) < 4.78 is 33.9. The summed E-state index contributed by atoms with van der Waals surface area (Å²) in [5, 5.41) is 0. The van der Waals surface area contributed by atoms with E-state index < -0.39 is 26.5 Å². The molecule has 0 saturated carbocycles. The third-order valence-corrected chi connectivity index (χ3v) is 11.0. The molecule has 0 aromatic carbocycles. The maximum atomic E-state index is 12.7. The van der Waals surface area contributed by atoms with Crippen LogP contribution < -0.4 is 4.89 Å². The van der Waals surface area contributed by atoms with E-state index in [1.165, 1.54) is 141 Å². The second kappa shape index (κ2) is 38.3. The maximum absolute atomic E-state index is 12.7. The van der Waals surface area contributed by atoms with Crippen molar-refractivity contribution in [1.29, 1.82) is 0 Å². The summed E-state index contributed by atoms with van der Waals surface area (Å²) in [4.78, 5) is 37.5. The number of carbonyl (C=O) groups is 2. The largest absolute Gasteiger partial charge is 0.756 e. The van der Waals surface area contributed by atoms with Crippen molar-refractivity contribution in [2.75, 3.05) is 47.5 Å². The van der Waals surface area contributed by atoms with Gasteiger partial charge in [0.05, 0.1) is 27.7 Å². The number of hydrogen-bond acceptors (Lipinski definition) is 8. The Morgan fingerprint density at radius 3 is 1.35 bits per heavy atom. The van der Waals surface area contributed by atoms with Crippen LogP contribution in [0, 0.1) is 0 Å². The van der Waals surface area contributed by atoms with Gasteiger partial charge >= 0.3 is 11.9 Å². The monoisotopic (exact) mass is 802 g/mol. The normalized spacial score (nSPS) is 13.6. The summed E-state index contributed by atoms with van der Waals surface area (Å²) in [7, 11) is 1.17. The molecule has 0 aliphatic rings. The van der Waals surface area contributed by atoms with Crippen LogP contribution in [0.4, 0.5) is 0 Å². The van der Waals surface area contributed by atoms with Crippen molar-refractivity contribution in [3.63, 3.8) is 0 Å². The number of nitrogens with zero attached hydrogens (tertiary/aromatic N) is 1. The number of hydrogen-bond donors (Lipinski definition) is 0. The van der Waals surface area contributed by atoms with E-state index in [1.807, 2.05) is 21.1 Å². The van der Waals surface area contributed by atoms with Crippen molar-refractivity contribution in [2.45, 2.75) is 219 Å². The molecule has 0 aromatic rings. The molecule has 0 radical (unpaired) electrons. The topological polar surface area (TPSA) is 111 Å². The molecule has 0 aliphatic carbocycles.